The van der Waals surface area contributed by atoms with Crippen molar-refractivity contribution in [2.24, 2.45) is 0 Å². The van der Waals surface area contributed by atoms with Crippen LogP contribution in [0.2, 0.25) is 0 Å². The summed E-state index contributed by atoms with van der Waals surface area (Å²) in [4.78, 5) is 17.6. The zero-order valence-corrected chi connectivity index (χ0v) is 17.9. The molecule has 0 unspecified atom stereocenters. The molecule has 0 atom stereocenters. The van der Waals surface area contributed by atoms with Crippen LogP contribution in [0, 0.1) is 23.0 Å². The van der Waals surface area contributed by atoms with E-state index in [4.69, 9.17) is 5.26 Å². The summed E-state index contributed by atoms with van der Waals surface area (Å²) >= 11 is 0. The molecular weight excluding hydrogens is 426 g/mol. The summed E-state index contributed by atoms with van der Waals surface area (Å²) in [5.41, 5.74) is 2.05. The lowest BCUT2D eigenvalue weighted by atomic mass is 10.0. The lowest BCUT2D eigenvalue weighted by molar-refractivity contribution is 0.311. The Hall–Kier alpha value is -3.97. The molecule has 1 N–H and O–H groups in total. The number of hydrogen-bond acceptors (Lipinski definition) is 7. The van der Waals surface area contributed by atoms with Crippen LogP contribution < -0.4 is 4.90 Å². The highest BCUT2D eigenvalue weighted by atomic mass is 19.1. The smallest absolute Gasteiger partial charge is 0.225 e. The van der Waals surface area contributed by atoms with Gasteiger partial charge < -0.3 is 9.80 Å². The molecule has 4 aromatic rings. The summed E-state index contributed by atoms with van der Waals surface area (Å²) < 4.78 is 29.3. The van der Waals surface area contributed by atoms with E-state index in [0.717, 1.165) is 38.3 Å². The van der Waals surface area contributed by atoms with Gasteiger partial charge in [0.2, 0.25) is 5.95 Å². The van der Waals surface area contributed by atoms with Gasteiger partial charge in [0, 0.05) is 49.5 Å². The molecule has 1 aliphatic heterocycles. The van der Waals surface area contributed by atoms with E-state index in [1.165, 1.54) is 6.20 Å². The Morgan fingerprint density at radius 3 is 2.36 bits per heavy atom. The molecule has 8 nitrogen and oxygen atoms in total. The van der Waals surface area contributed by atoms with E-state index in [0.29, 0.717) is 28.1 Å². The fraction of sp³-hybridized carbons (Fsp3) is 0.261. The van der Waals surface area contributed by atoms with Gasteiger partial charge in [-0.25, -0.2) is 18.7 Å². The van der Waals surface area contributed by atoms with Crippen LogP contribution in [0.5, 0.6) is 0 Å². The molecule has 1 aliphatic rings. The van der Waals surface area contributed by atoms with Crippen LogP contribution in [0.1, 0.15) is 5.56 Å². The number of hydrogen-bond donors (Lipinski definition) is 1. The van der Waals surface area contributed by atoms with Crippen molar-refractivity contribution in [3.63, 3.8) is 0 Å². The molecule has 33 heavy (non-hydrogen) atoms. The molecule has 0 amide bonds. The highest BCUT2D eigenvalue weighted by Gasteiger charge is 2.19. The summed E-state index contributed by atoms with van der Waals surface area (Å²) in [6, 6.07) is 5.81. The second-order valence-electron chi connectivity index (χ2n) is 8.02. The number of nitrogens with zero attached hydrogens (tertiary/aromatic N) is 7. The van der Waals surface area contributed by atoms with Crippen LogP contribution in [0.4, 0.5) is 14.7 Å². The van der Waals surface area contributed by atoms with Crippen molar-refractivity contribution < 1.29 is 8.78 Å². The molecule has 4 heterocycles. The minimum absolute atomic E-state index is 0.0728. The summed E-state index contributed by atoms with van der Waals surface area (Å²) in [5, 5.41) is 16.7. The van der Waals surface area contributed by atoms with E-state index >= 15 is 0 Å². The highest BCUT2D eigenvalue weighted by molar-refractivity contribution is 5.94. The molecular formula is C23H20F2N8. The molecule has 1 saturated heterocycles. The predicted molar refractivity (Wildman–Crippen MR) is 119 cm³/mol. The maximum Gasteiger partial charge on any atom is 0.225 e. The van der Waals surface area contributed by atoms with E-state index in [-0.39, 0.29) is 23.2 Å². The lowest BCUT2D eigenvalue weighted by Crippen LogP contribution is -2.45. The number of nitrogens with one attached hydrogen (secondary N) is 1. The van der Waals surface area contributed by atoms with Crippen LogP contribution >= 0.6 is 0 Å². The van der Waals surface area contributed by atoms with Crippen LogP contribution in [0.15, 0.2) is 36.8 Å². The van der Waals surface area contributed by atoms with E-state index in [9.17, 15) is 8.78 Å². The SMILES string of the molecule is CN1CCN(c2ncc(-c3n[nH]c4cnc(-c5c(F)cc(CC#N)cc5F)cc34)cn2)CC1. The standard InChI is InChI=1S/C23H20F2N8/c1-32-4-6-33(7-5-32)23-28-11-15(12-29-23)22-16-10-19(27-13-20(16)30-31-22)21-17(24)8-14(2-3-26)9-18(21)25/h8-13H,2,4-7H2,1H3,(H,30,31). The summed E-state index contributed by atoms with van der Waals surface area (Å²) in [5.74, 6) is -0.871. The topological polar surface area (TPSA) is 97.6 Å². The first-order valence-corrected chi connectivity index (χ1v) is 10.5. The quantitative estimate of drug-likeness (QED) is 0.514. The number of aromatic nitrogens is 5. The number of pyridine rings is 1. The Kier molecular flexibility index (Phi) is 5.40. The number of piperazine rings is 1. The first-order valence-electron chi connectivity index (χ1n) is 10.5. The van der Waals surface area contributed by atoms with Gasteiger partial charge in [0.15, 0.2) is 0 Å². The highest BCUT2D eigenvalue weighted by Crippen LogP contribution is 2.31. The summed E-state index contributed by atoms with van der Waals surface area (Å²) in [7, 11) is 2.09. The van der Waals surface area contributed by atoms with E-state index in [1.54, 1.807) is 18.5 Å². The van der Waals surface area contributed by atoms with Gasteiger partial charge in [0.05, 0.1) is 35.5 Å². The van der Waals surface area contributed by atoms with Crippen molar-refractivity contribution in [3.8, 4) is 28.6 Å². The number of halogens is 2. The first-order chi connectivity index (χ1) is 16.0. The first kappa shape index (κ1) is 20.9. The number of anilines is 1. The van der Waals surface area contributed by atoms with E-state index < -0.39 is 11.6 Å². The van der Waals surface area contributed by atoms with Crippen molar-refractivity contribution in [3.05, 3.63) is 54.0 Å². The average molecular weight is 446 g/mol. The second kappa shape index (κ2) is 8.52. The van der Waals surface area contributed by atoms with Crippen molar-refractivity contribution >= 4 is 16.9 Å². The van der Waals surface area contributed by atoms with Crippen molar-refractivity contribution in [1.82, 2.24) is 30.0 Å². The molecule has 166 valence electrons. The van der Waals surface area contributed by atoms with Gasteiger partial charge in [0.1, 0.15) is 17.3 Å². The van der Waals surface area contributed by atoms with Gasteiger partial charge in [0.25, 0.3) is 0 Å². The maximum absolute atomic E-state index is 14.7. The van der Waals surface area contributed by atoms with Gasteiger partial charge in [-0.15, -0.1) is 0 Å². The third kappa shape index (κ3) is 3.99. The molecule has 0 radical (unpaired) electrons. The minimum atomic E-state index is -0.767. The molecule has 10 heteroatoms. The molecule has 0 bridgehead atoms. The van der Waals surface area contributed by atoms with Gasteiger partial charge in [-0.05, 0) is 30.8 Å². The number of fused-ring (bicyclic) bond motifs is 1. The number of H-pyrrole nitrogens is 1. The normalized spacial score (nSPS) is 14.5. The maximum atomic E-state index is 14.7. The molecule has 1 fully saturated rings. The molecule has 3 aromatic heterocycles. The third-order valence-electron chi connectivity index (χ3n) is 5.79. The third-order valence-corrected chi connectivity index (χ3v) is 5.79. The van der Waals surface area contributed by atoms with Gasteiger partial charge >= 0.3 is 0 Å². The fourth-order valence-corrected chi connectivity index (χ4v) is 3.95. The van der Waals surface area contributed by atoms with Gasteiger partial charge in [-0.3, -0.25) is 10.1 Å². The zero-order chi connectivity index (χ0) is 22.9. The van der Waals surface area contributed by atoms with Gasteiger partial charge in [-0.2, -0.15) is 10.4 Å². The van der Waals surface area contributed by atoms with E-state index in [1.807, 2.05) is 6.07 Å². The Labute approximate surface area is 188 Å². The lowest BCUT2D eigenvalue weighted by Gasteiger charge is -2.32. The number of rotatable bonds is 4. The largest absolute Gasteiger partial charge is 0.338 e. The Balaban J connectivity index is 1.49. The predicted octanol–water partition coefficient (Wildman–Crippen LogP) is 3.18. The Morgan fingerprint density at radius 2 is 1.70 bits per heavy atom. The average Bonchev–Trinajstić information content (AvgIpc) is 3.23. The Bertz CT molecular complexity index is 1330. The molecule has 1 aromatic carbocycles. The number of benzene rings is 1. The molecule has 0 saturated carbocycles. The Morgan fingerprint density at radius 1 is 1.00 bits per heavy atom. The molecule has 0 aliphatic carbocycles. The summed E-state index contributed by atoms with van der Waals surface area (Å²) in [6.07, 6.45) is 4.82. The second-order valence-corrected chi connectivity index (χ2v) is 8.02. The summed E-state index contributed by atoms with van der Waals surface area (Å²) in [6.45, 7) is 3.63. The van der Waals surface area contributed by atoms with Crippen LogP contribution in [-0.4, -0.2) is 63.3 Å². The van der Waals surface area contributed by atoms with Crippen LogP contribution in [0.3, 0.4) is 0 Å². The monoisotopic (exact) mass is 446 g/mol. The molecule has 0 spiro atoms. The molecule has 5 rings (SSSR count). The van der Waals surface area contributed by atoms with Crippen molar-refractivity contribution in [2.45, 2.75) is 6.42 Å². The zero-order valence-electron chi connectivity index (χ0n) is 17.9. The van der Waals surface area contributed by atoms with Crippen molar-refractivity contribution in [1.29, 1.82) is 5.26 Å². The van der Waals surface area contributed by atoms with Crippen LogP contribution in [0.25, 0.3) is 33.4 Å². The number of likely N-dealkylation sites (N-methyl/N-ethyl adjacent to an activating group) is 1. The number of nitriles is 1. The van der Waals surface area contributed by atoms with E-state index in [2.05, 4.69) is 42.0 Å². The van der Waals surface area contributed by atoms with Crippen LogP contribution in [-0.2, 0) is 6.42 Å². The minimum Gasteiger partial charge on any atom is -0.338 e. The van der Waals surface area contributed by atoms with Crippen molar-refractivity contribution in [2.75, 3.05) is 38.1 Å². The fourth-order valence-electron chi connectivity index (χ4n) is 3.95. The number of aromatic amines is 1. The van der Waals surface area contributed by atoms with Gasteiger partial charge in [-0.1, -0.05) is 0 Å².